The first-order chi connectivity index (χ1) is 9.24. The molecule has 1 aliphatic rings. The number of hydrogen-bond acceptors (Lipinski definition) is 2. The number of fused-ring (bicyclic) bond motifs is 1. The first-order valence-corrected chi connectivity index (χ1v) is 6.72. The number of anilines is 1. The molecular formula is C16H18N2O. The average molecular weight is 254 g/mol. The zero-order valence-electron chi connectivity index (χ0n) is 11.1. The lowest BCUT2D eigenvalue weighted by Gasteiger charge is -2.17. The Morgan fingerprint density at radius 1 is 1.21 bits per heavy atom. The van der Waals surface area contributed by atoms with E-state index in [1.807, 2.05) is 30.1 Å². The average Bonchev–Trinajstić information content (AvgIpc) is 3.28. The molecule has 0 aliphatic heterocycles. The van der Waals surface area contributed by atoms with Gasteiger partial charge in [0, 0.05) is 18.8 Å². The van der Waals surface area contributed by atoms with E-state index in [1.165, 1.54) is 10.8 Å². The van der Waals surface area contributed by atoms with Crippen molar-refractivity contribution in [2.75, 3.05) is 18.9 Å². The van der Waals surface area contributed by atoms with Crippen LogP contribution in [0.3, 0.4) is 0 Å². The monoisotopic (exact) mass is 254 g/mol. The van der Waals surface area contributed by atoms with Gasteiger partial charge in [0.25, 0.3) is 0 Å². The quantitative estimate of drug-likeness (QED) is 0.910. The molecule has 1 saturated carbocycles. The lowest BCUT2D eigenvalue weighted by Crippen LogP contribution is -2.33. The Morgan fingerprint density at radius 3 is 2.68 bits per heavy atom. The van der Waals surface area contributed by atoms with Gasteiger partial charge in [-0.15, -0.1) is 0 Å². The number of carbonyl (C=O) groups excluding carboxylic acids is 1. The summed E-state index contributed by atoms with van der Waals surface area (Å²) >= 11 is 0. The van der Waals surface area contributed by atoms with E-state index in [0.717, 1.165) is 18.5 Å². The van der Waals surface area contributed by atoms with Crippen LogP contribution in [0.5, 0.6) is 0 Å². The van der Waals surface area contributed by atoms with Crippen LogP contribution in [0.25, 0.3) is 10.8 Å². The highest BCUT2D eigenvalue weighted by molar-refractivity contribution is 5.87. The van der Waals surface area contributed by atoms with E-state index in [-0.39, 0.29) is 5.91 Å². The molecule has 1 N–H and O–H groups in total. The van der Waals surface area contributed by atoms with E-state index in [4.69, 9.17) is 0 Å². The summed E-state index contributed by atoms with van der Waals surface area (Å²) in [7, 11) is 1.89. The summed E-state index contributed by atoms with van der Waals surface area (Å²) < 4.78 is 0. The summed E-state index contributed by atoms with van der Waals surface area (Å²) in [5, 5.41) is 5.62. The minimum atomic E-state index is 0.163. The topological polar surface area (TPSA) is 32.3 Å². The van der Waals surface area contributed by atoms with Crippen molar-refractivity contribution in [2.24, 2.45) is 0 Å². The Kier molecular flexibility index (Phi) is 3.11. The normalized spacial score (nSPS) is 14.4. The van der Waals surface area contributed by atoms with Crippen LogP contribution < -0.4 is 5.32 Å². The Labute approximate surface area is 113 Å². The fraction of sp³-hybridized carbons (Fsp3) is 0.312. The van der Waals surface area contributed by atoms with Gasteiger partial charge >= 0.3 is 0 Å². The lowest BCUT2D eigenvalue weighted by molar-refractivity contribution is -0.128. The number of carbonyl (C=O) groups is 1. The molecule has 3 nitrogen and oxygen atoms in total. The molecule has 3 heteroatoms. The van der Waals surface area contributed by atoms with Gasteiger partial charge in [0.1, 0.15) is 0 Å². The second-order valence-corrected chi connectivity index (χ2v) is 5.15. The molecule has 0 atom stereocenters. The first kappa shape index (κ1) is 12.0. The number of nitrogens with zero attached hydrogens (tertiary/aromatic N) is 1. The molecule has 3 rings (SSSR count). The predicted molar refractivity (Wildman–Crippen MR) is 78.2 cm³/mol. The van der Waals surface area contributed by atoms with Crippen LogP contribution in [-0.4, -0.2) is 30.4 Å². The largest absolute Gasteiger partial charge is 0.376 e. The maximum absolute atomic E-state index is 11.9. The van der Waals surface area contributed by atoms with E-state index in [2.05, 4.69) is 29.6 Å². The van der Waals surface area contributed by atoms with Crippen molar-refractivity contribution in [1.82, 2.24) is 4.90 Å². The van der Waals surface area contributed by atoms with Gasteiger partial charge < -0.3 is 10.2 Å². The molecule has 1 amide bonds. The van der Waals surface area contributed by atoms with Gasteiger partial charge in [-0.2, -0.15) is 0 Å². The third-order valence-corrected chi connectivity index (χ3v) is 3.68. The summed E-state index contributed by atoms with van der Waals surface area (Å²) in [4.78, 5) is 13.8. The maximum atomic E-state index is 11.9. The van der Waals surface area contributed by atoms with Crippen molar-refractivity contribution in [3.63, 3.8) is 0 Å². The molecule has 1 aliphatic carbocycles. The Balaban J connectivity index is 1.66. The highest BCUT2D eigenvalue weighted by atomic mass is 16.2. The molecule has 0 spiro atoms. The van der Waals surface area contributed by atoms with E-state index >= 15 is 0 Å². The van der Waals surface area contributed by atoms with Gasteiger partial charge in [0.2, 0.25) is 5.91 Å². The third-order valence-electron chi connectivity index (χ3n) is 3.68. The molecule has 1 fully saturated rings. The van der Waals surface area contributed by atoms with Crippen molar-refractivity contribution in [3.8, 4) is 0 Å². The summed E-state index contributed by atoms with van der Waals surface area (Å²) in [6, 6.07) is 14.9. The number of amides is 1. The summed E-state index contributed by atoms with van der Waals surface area (Å²) in [5.41, 5.74) is 0.997. The zero-order chi connectivity index (χ0) is 13.2. The van der Waals surface area contributed by atoms with Crippen molar-refractivity contribution in [1.29, 1.82) is 0 Å². The highest BCUT2D eigenvalue weighted by Gasteiger charge is 2.29. The number of hydrogen-bond donors (Lipinski definition) is 1. The second-order valence-electron chi connectivity index (χ2n) is 5.15. The van der Waals surface area contributed by atoms with Crippen molar-refractivity contribution >= 4 is 22.4 Å². The molecule has 0 radical (unpaired) electrons. The van der Waals surface area contributed by atoms with Crippen LogP contribution in [0, 0.1) is 0 Å². The fourth-order valence-electron chi connectivity index (χ4n) is 2.27. The first-order valence-electron chi connectivity index (χ1n) is 6.72. The molecule has 0 aromatic heterocycles. The summed E-state index contributed by atoms with van der Waals surface area (Å²) in [6.07, 6.45) is 2.30. The highest BCUT2D eigenvalue weighted by Crippen LogP contribution is 2.25. The minimum Gasteiger partial charge on any atom is -0.376 e. The van der Waals surface area contributed by atoms with Gasteiger partial charge in [-0.3, -0.25) is 4.79 Å². The van der Waals surface area contributed by atoms with Crippen LogP contribution in [0.15, 0.2) is 42.5 Å². The molecule has 19 heavy (non-hydrogen) atoms. The van der Waals surface area contributed by atoms with Crippen LogP contribution in [-0.2, 0) is 4.79 Å². The van der Waals surface area contributed by atoms with Crippen molar-refractivity contribution < 1.29 is 4.79 Å². The van der Waals surface area contributed by atoms with Crippen LogP contribution in [0.1, 0.15) is 12.8 Å². The van der Waals surface area contributed by atoms with Crippen LogP contribution in [0.4, 0.5) is 5.69 Å². The molecular weight excluding hydrogens is 236 g/mol. The molecule has 2 aromatic rings. The SMILES string of the molecule is CN(C(=O)CNc1ccc2ccccc2c1)C1CC1. The van der Waals surface area contributed by atoms with E-state index < -0.39 is 0 Å². The minimum absolute atomic E-state index is 0.163. The molecule has 98 valence electrons. The number of likely N-dealkylation sites (N-methyl/N-ethyl adjacent to an activating group) is 1. The van der Waals surface area contributed by atoms with Gasteiger partial charge in [0.05, 0.1) is 6.54 Å². The maximum Gasteiger partial charge on any atom is 0.241 e. The van der Waals surface area contributed by atoms with E-state index in [1.54, 1.807) is 0 Å². The smallest absolute Gasteiger partial charge is 0.241 e. The van der Waals surface area contributed by atoms with Gasteiger partial charge in [-0.05, 0) is 35.7 Å². The second kappa shape index (κ2) is 4.92. The molecule has 0 heterocycles. The van der Waals surface area contributed by atoms with Crippen molar-refractivity contribution in [3.05, 3.63) is 42.5 Å². The standard InChI is InChI=1S/C16H18N2O/c1-18(15-8-9-15)16(19)11-17-14-7-6-12-4-2-3-5-13(12)10-14/h2-7,10,15,17H,8-9,11H2,1H3. The van der Waals surface area contributed by atoms with Gasteiger partial charge in [-0.25, -0.2) is 0 Å². The summed E-state index contributed by atoms with van der Waals surface area (Å²) in [5.74, 6) is 0.163. The molecule has 0 saturated heterocycles. The Morgan fingerprint density at radius 2 is 1.95 bits per heavy atom. The van der Waals surface area contributed by atoms with Gasteiger partial charge in [-0.1, -0.05) is 30.3 Å². The van der Waals surface area contributed by atoms with Crippen LogP contribution >= 0.6 is 0 Å². The van der Waals surface area contributed by atoms with Crippen LogP contribution in [0.2, 0.25) is 0 Å². The molecule has 2 aromatic carbocycles. The van der Waals surface area contributed by atoms with E-state index in [9.17, 15) is 4.79 Å². The Hall–Kier alpha value is -2.03. The fourth-order valence-corrected chi connectivity index (χ4v) is 2.27. The van der Waals surface area contributed by atoms with Gasteiger partial charge in [0.15, 0.2) is 0 Å². The Bertz CT molecular complexity index is 604. The molecule has 0 bridgehead atoms. The predicted octanol–water partition coefficient (Wildman–Crippen LogP) is 2.87. The third kappa shape index (κ3) is 2.70. The van der Waals surface area contributed by atoms with E-state index in [0.29, 0.717) is 12.6 Å². The van der Waals surface area contributed by atoms with Crippen molar-refractivity contribution in [2.45, 2.75) is 18.9 Å². The zero-order valence-corrected chi connectivity index (χ0v) is 11.1. The summed E-state index contributed by atoms with van der Waals surface area (Å²) in [6.45, 7) is 0.366. The number of nitrogens with one attached hydrogen (secondary N) is 1. The lowest BCUT2D eigenvalue weighted by atomic mass is 10.1. The number of benzene rings is 2. The molecule has 0 unspecified atom stereocenters. The number of rotatable bonds is 4.